The fourth-order valence-electron chi connectivity index (χ4n) is 10.8. The standard InChI is InChI=1S/C64H50N2S/c1-5-51-55(52-26-15-12-19-42(52)2)38-46(43-20-8-6-9-21-43)39-60(51)66(50-33-35-54-53-27-16-17-28-57(53)64(3,4)58(54)41-50)49-34-36-61-56(40-49)63-59(29-18-30-62(63)67-61)65(47-24-10-7-11-25-47)48-32-31-44-22-13-14-23-45(44)37-48/h6-41H,5H2,1-4H3. The van der Waals surface area contributed by atoms with Crippen molar-refractivity contribution in [3.8, 4) is 33.4 Å². The number of nitrogens with zero attached hydrogens (tertiary/aromatic N) is 2. The molecule has 0 unspecified atom stereocenters. The molecule has 0 fully saturated rings. The molecule has 0 N–H and O–H groups in total. The van der Waals surface area contributed by atoms with Gasteiger partial charge in [0.25, 0.3) is 0 Å². The number of thiophene rings is 1. The summed E-state index contributed by atoms with van der Waals surface area (Å²) in [6.45, 7) is 9.32. The first-order chi connectivity index (χ1) is 32.9. The minimum atomic E-state index is -0.161. The molecule has 0 spiro atoms. The number of fused-ring (bicyclic) bond motifs is 7. The zero-order chi connectivity index (χ0) is 45.2. The molecule has 0 saturated carbocycles. The third-order valence-electron chi connectivity index (χ3n) is 14.1. The Balaban J connectivity index is 1.14. The number of rotatable bonds is 9. The molecule has 1 aromatic heterocycles. The summed E-state index contributed by atoms with van der Waals surface area (Å²) in [5.41, 5.74) is 19.6. The average Bonchev–Trinajstić information content (AvgIpc) is 3.86. The van der Waals surface area contributed by atoms with E-state index in [0.717, 1.165) is 34.9 Å². The van der Waals surface area contributed by atoms with Crippen LogP contribution >= 0.6 is 11.3 Å². The molecule has 0 radical (unpaired) electrons. The van der Waals surface area contributed by atoms with E-state index in [4.69, 9.17) is 0 Å². The summed E-state index contributed by atoms with van der Waals surface area (Å²) in [5, 5.41) is 4.94. The van der Waals surface area contributed by atoms with Gasteiger partial charge in [-0.2, -0.15) is 0 Å². The average molecular weight is 879 g/mol. The van der Waals surface area contributed by atoms with E-state index in [0.29, 0.717) is 0 Å². The van der Waals surface area contributed by atoms with Gasteiger partial charge in [0, 0.05) is 48.3 Å². The highest BCUT2D eigenvalue weighted by molar-refractivity contribution is 7.26. The molecular formula is C64H50N2S. The first-order valence-electron chi connectivity index (χ1n) is 23.5. The van der Waals surface area contributed by atoms with Crippen LogP contribution in [0, 0.1) is 6.92 Å². The Hall–Kier alpha value is -7.72. The quantitative estimate of drug-likeness (QED) is 0.143. The molecule has 0 aliphatic heterocycles. The lowest BCUT2D eigenvalue weighted by Gasteiger charge is -2.31. The number of aryl methyl sites for hydroxylation is 1. The van der Waals surface area contributed by atoms with E-state index in [2.05, 4.69) is 256 Å². The van der Waals surface area contributed by atoms with Crippen LogP contribution in [0.3, 0.4) is 0 Å². The predicted molar refractivity (Wildman–Crippen MR) is 289 cm³/mol. The van der Waals surface area contributed by atoms with Crippen LogP contribution in [0.4, 0.5) is 34.1 Å². The van der Waals surface area contributed by atoms with Crippen LogP contribution in [0.5, 0.6) is 0 Å². The summed E-state index contributed by atoms with van der Waals surface area (Å²) >= 11 is 1.87. The Kier molecular flexibility index (Phi) is 9.92. The lowest BCUT2D eigenvalue weighted by Crippen LogP contribution is -2.17. The number of hydrogen-bond donors (Lipinski definition) is 0. The molecule has 322 valence electrons. The molecule has 0 amide bonds. The van der Waals surface area contributed by atoms with Gasteiger partial charge < -0.3 is 9.80 Å². The predicted octanol–water partition coefficient (Wildman–Crippen LogP) is 18.7. The highest BCUT2D eigenvalue weighted by atomic mass is 32.1. The molecule has 10 aromatic carbocycles. The lowest BCUT2D eigenvalue weighted by atomic mass is 9.82. The topological polar surface area (TPSA) is 6.48 Å². The second-order valence-corrected chi connectivity index (χ2v) is 19.5. The first kappa shape index (κ1) is 40.8. The summed E-state index contributed by atoms with van der Waals surface area (Å²) < 4.78 is 2.52. The second kappa shape index (κ2) is 16.3. The van der Waals surface area contributed by atoms with Gasteiger partial charge in [-0.25, -0.2) is 0 Å². The maximum atomic E-state index is 2.57. The molecule has 67 heavy (non-hydrogen) atoms. The molecule has 0 saturated heterocycles. The molecule has 11 aromatic rings. The van der Waals surface area contributed by atoms with E-state index in [9.17, 15) is 0 Å². The van der Waals surface area contributed by atoms with Crippen molar-refractivity contribution < 1.29 is 0 Å². The molecule has 1 aliphatic rings. The van der Waals surface area contributed by atoms with Gasteiger partial charge in [-0.1, -0.05) is 160 Å². The van der Waals surface area contributed by atoms with Gasteiger partial charge in [0.05, 0.1) is 11.4 Å². The third kappa shape index (κ3) is 6.84. The summed E-state index contributed by atoms with van der Waals surface area (Å²) in [4.78, 5) is 5.01. The smallest absolute Gasteiger partial charge is 0.0554 e. The maximum Gasteiger partial charge on any atom is 0.0554 e. The van der Waals surface area contributed by atoms with Crippen molar-refractivity contribution >= 4 is 76.4 Å². The van der Waals surface area contributed by atoms with Crippen molar-refractivity contribution in [1.82, 2.24) is 0 Å². The van der Waals surface area contributed by atoms with E-state index in [1.807, 2.05) is 11.3 Å². The number of hydrogen-bond acceptors (Lipinski definition) is 3. The van der Waals surface area contributed by atoms with Crippen LogP contribution in [-0.4, -0.2) is 0 Å². The largest absolute Gasteiger partial charge is 0.310 e. The normalized spacial score (nSPS) is 12.7. The van der Waals surface area contributed by atoms with Crippen LogP contribution < -0.4 is 9.80 Å². The molecule has 0 atom stereocenters. The van der Waals surface area contributed by atoms with Crippen LogP contribution in [0.15, 0.2) is 218 Å². The van der Waals surface area contributed by atoms with Gasteiger partial charge in [-0.3, -0.25) is 0 Å². The van der Waals surface area contributed by atoms with Crippen molar-refractivity contribution in [1.29, 1.82) is 0 Å². The zero-order valence-corrected chi connectivity index (χ0v) is 39.1. The Morgan fingerprint density at radius 2 is 1.06 bits per heavy atom. The highest BCUT2D eigenvalue weighted by Crippen LogP contribution is 2.53. The van der Waals surface area contributed by atoms with E-state index >= 15 is 0 Å². The van der Waals surface area contributed by atoms with Crippen molar-refractivity contribution in [2.24, 2.45) is 0 Å². The fourth-order valence-corrected chi connectivity index (χ4v) is 11.9. The van der Waals surface area contributed by atoms with Crippen molar-refractivity contribution in [2.45, 2.75) is 39.5 Å². The molecule has 1 heterocycles. The maximum absolute atomic E-state index is 2.57. The highest BCUT2D eigenvalue weighted by Gasteiger charge is 2.36. The van der Waals surface area contributed by atoms with Gasteiger partial charge in [0.15, 0.2) is 0 Å². The number of para-hydroxylation sites is 1. The van der Waals surface area contributed by atoms with E-state index in [1.54, 1.807) is 0 Å². The van der Waals surface area contributed by atoms with Gasteiger partial charge in [-0.15, -0.1) is 11.3 Å². The Morgan fingerprint density at radius 1 is 0.418 bits per heavy atom. The van der Waals surface area contributed by atoms with Crippen molar-refractivity contribution in [3.63, 3.8) is 0 Å². The number of benzene rings is 10. The molecule has 0 bridgehead atoms. The van der Waals surface area contributed by atoms with E-state index in [-0.39, 0.29) is 5.41 Å². The SMILES string of the molecule is CCc1c(-c2ccccc2C)cc(-c2ccccc2)cc1N(c1ccc2c(c1)C(C)(C)c1ccccc1-2)c1ccc2sc3cccc(N(c4ccccc4)c4ccc5ccccc5c4)c3c2c1. The molecule has 2 nitrogen and oxygen atoms in total. The summed E-state index contributed by atoms with van der Waals surface area (Å²) in [6, 6.07) is 81.1. The van der Waals surface area contributed by atoms with Crippen molar-refractivity contribution in [3.05, 3.63) is 241 Å². The second-order valence-electron chi connectivity index (χ2n) is 18.4. The zero-order valence-electron chi connectivity index (χ0n) is 38.3. The lowest BCUT2D eigenvalue weighted by molar-refractivity contribution is 0.660. The van der Waals surface area contributed by atoms with Crippen molar-refractivity contribution in [2.75, 3.05) is 9.80 Å². The Bertz CT molecular complexity index is 3680. The van der Waals surface area contributed by atoms with Crippen LogP contribution in [-0.2, 0) is 11.8 Å². The molecule has 1 aliphatic carbocycles. The van der Waals surface area contributed by atoms with Gasteiger partial charge >= 0.3 is 0 Å². The number of anilines is 6. The molecule has 12 rings (SSSR count). The van der Waals surface area contributed by atoms with Crippen LogP contribution in [0.2, 0.25) is 0 Å². The fraction of sp³-hybridized carbons (Fsp3) is 0.0938. The summed E-state index contributed by atoms with van der Waals surface area (Å²) in [7, 11) is 0. The minimum Gasteiger partial charge on any atom is -0.310 e. The van der Waals surface area contributed by atoms with Crippen LogP contribution in [0.1, 0.15) is 43.0 Å². The summed E-state index contributed by atoms with van der Waals surface area (Å²) in [6.07, 6.45) is 0.859. The van der Waals surface area contributed by atoms with E-state index in [1.165, 1.54) is 92.3 Å². The third-order valence-corrected chi connectivity index (χ3v) is 15.3. The summed E-state index contributed by atoms with van der Waals surface area (Å²) in [5.74, 6) is 0. The first-order valence-corrected chi connectivity index (χ1v) is 24.3. The molecule has 3 heteroatoms. The van der Waals surface area contributed by atoms with E-state index < -0.39 is 0 Å². The van der Waals surface area contributed by atoms with Gasteiger partial charge in [0.2, 0.25) is 0 Å². The van der Waals surface area contributed by atoms with Gasteiger partial charge in [-0.05, 0) is 159 Å². The van der Waals surface area contributed by atoms with Gasteiger partial charge in [0.1, 0.15) is 0 Å². The Labute approximate surface area is 397 Å². The molecular weight excluding hydrogens is 829 g/mol. The monoisotopic (exact) mass is 878 g/mol. The van der Waals surface area contributed by atoms with Crippen LogP contribution in [0.25, 0.3) is 64.3 Å². The Morgan fingerprint density at radius 3 is 1.87 bits per heavy atom. The minimum absolute atomic E-state index is 0.161.